The molecule has 0 N–H and O–H groups in total. The highest BCUT2D eigenvalue weighted by atomic mass is 15.1. The minimum Gasteiger partial charge on any atom is -0.310 e. The van der Waals surface area contributed by atoms with E-state index in [1.807, 2.05) is 0 Å². The van der Waals surface area contributed by atoms with Gasteiger partial charge in [0.05, 0.1) is 5.69 Å². The van der Waals surface area contributed by atoms with Gasteiger partial charge >= 0.3 is 0 Å². The zero-order chi connectivity index (χ0) is 20.8. The highest BCUT2D eigenvalue weighted by Crippen LogP contribution is 2.45. The third kappa shape index (κ3) is 3.11. The Labute approximate surface area is 179 Å². The Morgan fingerprint density at radius 1 is 0.567 bits per heavy atom. The summed E-state index contributed by atoms with van der Waals surface area (Å²) in [7, 11) is 0. The van der Waals surface area contributed by atoms with E-state index in [4.69, 9.17) is 0 Å². The van der Waals surface area contributed by atoms with Crippen LogP contribution in [0.15, 0.2) is 78.9 Å². The lowest BCUT2D eigenvalue weighted by molar-refractivity contribution is 1.15. The molecule has 1 aliphatic rings. The van der Waals surface area contributed by atoms with Gasteiger partial charge in [0.25, 0.3) is 0 Å². The van der Waals surface area contributed by atoms with E-state index >= 15 is 0 Å². The Balaban J connectivity index is 1.89. The van der Waals surface area contributed by atoms with Gasteiger partial charge in [-0.1, -0.05) is 59.7 Å². The van der Waals surface area contributed by atoms with Crippen molar-refractivity contribution in [3.05, 3.63) is 112 Å². The van der Waals surface area contributed by atoms with E-state index < -0.39 is 0 Å². The molecule has 0 amide bonds. The molecule has 30 heavy (non-hydrogen) atoms. The summed E-state index contributed by atoms with van der Waals surface area (Å²) in [5.74, 6) is 0. The molecule has 4 aromatic rings. The van der Waals surface area contributed by atoms with Crippen LogP contribution in [-0.4, -0.2) is 0 Å². The van der Waals surface area contributed by atoms with Gasteiger partial charge in [-0.05, 0) is 92.3 Å². The van der Waals surface area contributed by atoms with Crippen LogP contribution in [0.25, 0.3) is 11.1 Å². The first-order chi connectivity index (χ1) is 14.5. The first-order valence-corrected chi connectivity index (χ1v) is 10.7. The van der Waals surface area contributed by atoms with Crippen molar-refractivity contribution in [2.24, 2.45) is 0 Å². The van der Waals surface area contributed by atoms with Crippen LogP contribution in [0.3, 0.4) is 0 Å². The lowest BCUT2D eigenvalue weighted by Gasteiger charge is -2.29. The number of fused-ring (bicyclic) bond motifs is 5. The van der Waals surface area contributed by atoms with Gasteiger partial charge in [-0.15, -0.1) is 0 Å². The fourth-order valence-corrected chi connectivity index (χ4v) is 4.65. The number of rotatable bonds is 1. The van der Waals surface area contributed by atoms with Crippen molar-refractivity contribution in [1.82, 2.24) is 0 Å². The lowest BCUT2D eigenvalue weighted by atomic mass is 9.92. The summed E-state index contributed by atoms with van der Waals surface area (Å²) < 4.78 is 0. The molecular weight excluding hydrogens is 362 g/mol. The molecule has 0 unspecified atom stereocenters. The van der Waals surface area contributed by atoms with E-state index in [-0.39, 0.29) is 0 Å². The van der Waals surface area contributed by atoms with Crippen LogP contribution in [0.1, 0.15) is 33.4 Å². The average molecular weight is 390 g/mol. The molecule has 1 heterocycles. The Morgan fingerprint density at radius 2 is 1.30 bits per heavy atom. The number of nitrogens with zero attached hydrogens (tertiary/aromatic N) is 1. The molecule has 0 saturated carbocycles. The van der Waals surface area contributed by atoms with Crippen molar-refractivity contribution < 1.29 is 0 Å². The van der Waals surface area contributed by atoms with Gasteiger partial charge in [0.1, 0.15) is 0 Å². The molecule has 0 aliphatic carbocycles. The highest BCUT2D eigenvalue weighted by Gasteiger charge is 2.22. The molecule has 1 nitrogen and oxygen atoms in total. The van der Waals surface area contributed by atoms with Crippen LogP contribution in [0.5, 0.6) is 0 Å². The summed E-state index contributed by atoms with van der Waals surface area (Å²) in [5, 5.41) is 0. The number of aryl methyl sites for hydroxylation is 4. The van der Waals surface area contributed by atoms with Crippen molar-refractivity contribution in [1.29, 1.82) is 0 Å². The molecule has 4 aromatic carbocycles. The van der Waals surface area contributed by atoms with Crippen LogP contribution in [0, 0.1) is 27.7 Å². The van der Waals surface area contributed by atoms with E-state index in [1.54, 1.807) is 0 Å². The predicted molar refractivity (Wildman–Crippen MR) is 128 cm³/mol. The maximum absolute atomic E-state index is 2.44. The Hall–Kier alpha value is -3.32. The molecule has 1 aliphatic heterocycles. The quantitative estimate of drug-likeness (QED) is 0.281. The molecule has 0 aromatic heterocycles. The molecule has 0 fully saturated rings. The van der Waals surface area contributed by atoms with Gasteiger partial charge in [-0.2, -0.15) is 0 Å². The van der Waals surface area contributed by atoms with Gasteiger partial charge in [-0.25, -0.2) is 0 Å². The molecule has 0 radical (unpaired) electrons. The second kappa shape index (κ2) is 7.18. The SMILES string of the molecule is Cc1ccc(N2c3ccc(C)c(c3)Cc3ccccc3-c3cc(C)ccc32)c(C)c1. The summed E-state index contributed by atoms with van der Waals surface area (Å²) in [6, 6.07) is 29.4. The monoisotopic (exact) mass is 389 g/mol. The Bertz CT molecular complexity index is 1270. The van der Waals surface area contributed by atoms with Crippen LogP contribution >= 0.6 is 0 Å². The van der Waals surface area contributed by atoms with Crippen LogP contribution in [0.2, 0.25) is 0 Å². The zero-order valence-electron chi connectivity index (χ0n) is 18.2. The minimum atomic E-state index is 0.948. The van der Waals surface area contributed by atoms with Crippen LogP contribution in [0.4, 0.5) is 17.1 Å². The molecule has 5 rings (SSSR count). The van der Waals surface area contributed by atoms with Gasteiger partial charge in [0.2, 0.25) is 0 Å². The largest absolute Gasteiger partial charge is 0.310 e. The first kappa shape index (κ1) is 18.7. The molecule has 0 spiro atoms. The molecular formula is C29H27N. The smallest absolute Gasteiger partial charge is 0.0540 e. The van der Waals surface area contributed by atoms with Crippen LogP contribution < -0.4 is 4.90 Å². The average Bonchev–Trinajstić information content (AvgIpc) is 2.77. The Kier molecular flexibility index (Phi) is 4.47. The standard InChI is InChI=1S/C29H27N/c1-19-9-13-28(22(4)15-19)30-25-12-11-21(3)24(18-25)17-23-7-5-6-8-26(23)27-16-20(2)10-14-29(27)30/h5-16,18H,17H2,1-4H3. The second-order valence-electron chi connectivity index (χ2n) is 8.59. The number of benzene rings is 4. The van der Waals surface area contributed by atoms with Gasteiger partial charge < -0.3 is 4.90 Å². The first-order valence-electron chi connectivity index (χ1n) is 10.7. The van der Waals surface area contributed by atoms with Crippen molar-refractivity contribution >= 4 is 17.1 Å². The second-order valence-corrected chi connectivity index (χ2v) is 8.59. The summed E-state index contributed by atoms with van der Waals surface area (Å²) in [5.41, 5.74) is 14.3. The zero-order valence-corrected chi connectivity index (χ0v) is 18.2. The fraction of sp³-hybridized carbons (Fsp3) is 0.172. The normalized spacial score (nSPS) is 12.5. The third-order valence-electron chi connectivity index (χ3n) is 6.27. The molecule has 0 saturated heterocycles. The molecule has 148 valence electrons. The van der Waals surface area contributed by atoms with E-state index in [9.17, 15) is 0 Å². The minimum absolute atomic E-state index is 0.948. The Morgan fingerprint density at radius 3 is 2.10 bits per heavy atom. The number of hydrogen-bond acceptors (Lipinski definition) is 1. The van der Waals surface area contributed by atoms with Gasteiger partial charge in [-0.3, -0.25) is 0 Å². The number of anilines is 3. The van der Waals surface area contributed by atoms with E-state index in [1.165, 1.54) is 61.6 Å². The maximum Gasteiger partial charge on any atom is 0.0540 e. The van der Waals surface area contributed by atoms with Crippen molar-refractivity contribution in [2.45, 2.75) is 34.1 Å². The van der Waals surface area contributed by atoms with Crippen molar-refractivity contribution in [3.63, 3.8) is 0 Å². The molecule has 0 atom stereocenters. The molecule has 2 bridgehead atoms. The number of hydrogen-bond donors (Lipinski definition) is 0. The summed E-state index contributed by atoms with van der Waals surface area (Å²) in [4.78, 5) is 2.44. The summed E-state index contributed by atoms with van der Waals surface area (Å²) in [6.07, 6.45) is 0.948. The fourth-order valence-electron chi connectivity index (χ4n) is 4.65. The predicted octanol–water partition coefficient (Wildman–Crippen LogP) is 7.96. The highest BCUT2D eigenvalue weighted by molar-refractivity contribution is 5.91. The van der Waals surface area contributed by atoms with E-state index in [0.717, 1.165) is 6.42 Å². The van der Waals surface area contributed by atoms with Crippen molar-refractivity contribution in [3.8, 4) is 11.1 Å². The van der Waals surface area contributed by atoms with Crippen molar-refractivity contribution in [2.75, 3.05) is 4.90 Å². The topological polar surface area (TPSA) is 3.24 Å². The summed E-state index contributed by atoms with van der Waals surface area (Å²) in [6.45, 7) is 8.78. The van der Waals surface area contributed by atoms with Gasteiger partial charge in [0, 0.05) is 16.9 Å². The molecule has 1 heteroatoms. The third-order valence-corrected chi connectivity index (χ3v) is 6.27. The maximum atomic E-state index is 2.44. The van der Waals surface area contributed by atoms with Gasteiger partial charge in [0.15, 0.2) is 0 Å². The lowest BCUT2D eigenvalue weighted by Crippen LogP contribution is -2.13. The summed E-state index contributed by atoms with van der Waals surface area (Å²) >= 11 is 0. The van der Waals surface area contributed by atoms with E-state index in [0.29, 0.717) is 0 Å². The van der Waals surface area contributed by atoms with Crippen LogP contribution in [-0.2, 0) is 6.42 Å². The van der Waals surface area contributed by atoms with E-state index in [2.05, 4.69) is 111 Å².